The number of thiophene rings is 1. The van der Waals surface area contributed by atoms with E-state index in [1.165, 1.54) is 11.3 Å². The second-order valence-electron chi connectivity index (χ2n) is 6.89. The number of anilines is 1. The molecule has 0 radical (unpaired) electrons. The predicted molar refractivity (Wildman–Crippen MR) is 127 cm³/mol. The Morgan fingerprint density at radius 3 is 2.45 bits per heavy atom. The van der Waals surface area contributed by atoms with E-state index in [0.29, 0.717) is 21.2 Å². The van der Waals surface area contributed by atoms with Gasteiger partial charge in [0, 0.05) is 21.3 Å². The summed E-state index contributed by atoms with van der Waals surface area (Å²) in [5, 5.41) is 8.10. The van der Waals surface area contributed by atoms with Gasteiger partial charge < -0.3 is 5.32 Å². The number of nitrogens with one attached hydrogen (secondary N) is 2. The quantitative estimate of drug-likeness (QED) is 0.296. The van der Waals surface area contributed by atoms with Crippen molar-refractivity contribution in [2.75, 3.05) is 5.32 Å². The molecular formula is C24H18ClN3O2S. The van der Waals surface area contributed by atoms with Crippen molar-refractivity contribution in [1.29, 1.82) is 0 Å². The summed E-state index contributed by atoms with van der Waals surface area (Å²) in [5.41, 5.74) is 5.48. The Bertz CT molecular complexity index is 1280. The van der Waals surface area contributed by atoms with Crippen molar-refractivity contribution in [3.05, 3.63) is 99.4 Å². The van der Waals surface area contributed by atoms with Crippen LogP contribution in [-0.4, -0.2) is 18.0 Å². The van der Waals surface area contributed by atoms with E-state index in [4.69, 9.17) is 11.6 Å². The fraction of sp³-hybridized carbons (Fsp3) is 0.0417. The van der Waals surface area contributed by atoms with Crippen LogP contribution in [0, 0.1) is 6.92 Å². The SMILES string of the molecule is Cc1ccc2c(Cl)c(C(=O)Nc3ccc(C(=O)N/N=C\c4ccccc4)cc3)sc2c1. The van der Waals surface area contributed by atoms with Crippen molar-refractivity contribution in [3.63, 3.8) is 0 Å². The first-order valence-electron chi connectivity index (χ1n) is 9.50. The van der Waals surface area contributed by atoms with E-state index in [1.54, 1.807) is 30.5 Å². The second kappa shape index (κ2) is 9.12. The summed E-state index contributed by atoms with van der Waals surface area (Å²) >= 11 is 7.77. The number of carbonyl (C=O) groups excluding carboxylic acids is 2. The molecule has 4 rings (SSSR count). The van der Waals surface area contributed by atoms with Crippen molar-refractivity contribution in [2.45, 2.75) is 6.92 Å². The molecule has 0 aliphatic rings. The van der Waals surface area contributed by atoms with Gasteiger partial charge in [-0.25, -0.2) is 5.43 Å². The van der Waals surface area contributed by atoms with Gasteiger partial charge in [0.25, 0.3) is 11.8 Å². The summed E-state index contributed by atoms with van der Waals surface area (Å²) in [5.74, 6) is -0.624. The maximum Gasteiger partial charge on any atom is 0.271 e. The highest BCUT2D eigenvalue weighted by molar-refractivity contribution is 7.21. The van der Waals surface area contributed by atoms with Crippen molar-refractivity contribution in [3.8, 4) is 0 Å². The van der Waals surface area contributed by atoms with E-state index in [-0.39, 0.29) is 11.8 Å². The molecule has 0 aliphatic carbocycles. The number of hydrogen-bond acceptors (Lipinski definition) is 4. The van der Waals surface area contributed by atoms with Gasteiger partial charge in [-0.15, -0.1) is 11.3 Å². The van der Waals surface area contributed by atoms with Crippen LogP contribution in [0.4, 0.5) is 5.69 Å². The number of halogens is 1. The minimum atomic E-state index is -0.340. The summed E-state index contributed by atoms with van der Waals surface area (Å²) in [7, 11) is 0. The van der Waals surface area contributed by atoms with Crippen LogP contribution in [0.25, 0.3) is 10.1 Å². The average Bonchev–Trinajstić information content (AvgIpc) is 3.10. The van der Waals surface area contributed by atoms with Crippen molar-refractivity contribution >= 4 is 56.7 Å². The number of fused-ring (bicyclic) bond motifs is 1. The molecule has 0 bridgehead atoms. The first-order valence-corrected chi connectivity index (χ1v) is 10.7. The molecule has 0 unspecified atom stereocenters. The average molecular weight is 448 g/mol. The first-order chi connectivity index (χ1) is 15.0. The topological polar surface area (TPSA) is 70.6 Å². The van der Waals surface area contributed by atoms with Gasteiger partial charge in [-0.2, -0.15) is 5.10 Å². The maximum absolute atomic E-state index is 12.7. The number of rotatable bonds is 5. The molecule has 0 saturated carbocycles. The van der Waals surface area contributed by atoms with Crippen molar-refractivity contribution in [2.24, 2.45) is 5.10 Å². The van der Waals surface area contributed by atoms with Crippen LogP contribution < -0.4 is 10.7 Å². The molecule has 0 saturated heterocycles. The van der Waals surface area contributed by atoms with Crippen LogP contribution in [0.5, 0.6) is 0 Å². The monoisotopic (exact) mass is 447 g/mol. The van der Waals surface area contributed by atoms with Gasteiger partial charge >= 0.3 is 0 Å². The fourth-order valence-corrected chi connectivity index (χ4v) is 4.49. The molecule has 154 valence electrons. The van der Waals surface area contributed by atoms with E-state index in [0.717, 1.165) is 21.2 Å². The summed E-state index contributed by atoms with van der Waals surface area (Å²) in [6.45, 7) is 2.00. The number of nitrogens with zero attached hydrogens (tertiary/aromatic N) is 1. The summed E-state index contributed by atoms with van der Waals surface area (Å²) < 4.78 is 0.971. The number of carbonyl (C=O) groups is 2. The molecule has 31 heavy (non-hydrogen) atoms. The van der Waals surface area contributed by atoms with Crippen LogP contribution in [-0.2, 0) is 0 Å². The van der Waals surface area contributed by atoms with Crippen LogP contribution in [0.3, 0.4) is 0 Å². The lowest BCUT2D eigenvalue weighted by molar-refractivity contribution is 0.0954. The van der Waals surface area contributed by atoms with E-state index in [9.17, 15) is 9.59 Å². The third kappa shape index (κ3) is 4.82. The van der Waals surface area contributed by atoms with E-state index in [1.807, 2.05) is 55.5 Å². The van der Waals surface area contributed by atoms with Gasteiger partial charge in [-0.3, -0.25) is 9.59 Å². The Morgan fingerprint density at radius 1 is 0.968 bits per heavy atom. The lowest BCUT2D eigenvalue weighted by Crippen LogP contribution is -2.17. The Balaban J connectivity index is 1.41. The molecule has 0 aliphatic heterocycles. The highest BCUT2D eigenvalue weighted by Crippen LogP contribution is 2.36. The lowest BCUT2D eigenvalue weighted by atomic mass is 10.2. The zero-order valence-corrected chi connectivity index (χ0v) is 18.1. The number of aryl methyl sites for hydroxylation is 1. The Labute approximate surface area is 188 Å². The standard InChI is InChI=1S/C24H18ClN3O2S/c1-15-7-12-19-20(13-15)31-22(21(19)25)24(30)27-18-10-8-17(9-11-18)23(29)28-26-14-16-5-3-2-4-6-16/h2-14H,1H3,(H,27,30)(H,28,29)/b26-14-. The number of hydrogen-bond donors (Lipinski definition) is 2. The largest absolute Gasteiger partial charge is 0.321 e. The number of amides is 2. The van der Waals surface area contributed by atoms with Gasteiger partial charge in [0.05, 0.1) is 11.2 Å². The van der Waals surface area contributed by atoms with Gasteiger partial charge in [-0.05, 0) is 48.4 Å². The second-order valence-corrected chi connectivity index (χ2v) is 8.32. The molecule has 4 aromatic rings. The van der Waals surface area contributed by atoms with Crippen molar-refractivity contribution in [1.82, 2.24) is 5.43 Å². The molecule has 7 heteroatoms. The van der Waals surface area contributed by atoms with Gasteiger partial charge in [-0.1, -0.05) is 54.1 Å². The molecule has 0 spiro atoms. The number of hydrazone groups is 1. The highest BCUT2D eigenvalue weighted by atomic mass is 35.5. The zero-order valence-electron chi connectivity index (χ0n) is 16.6. The lowest BCUT2D eigenvalue weighted by Gasteiger charge is -2.05. The minimum Gasteiger partial charge on any atom is -0.321 e. The maximum atomic E-state index is 12.7. The summed E-state index contributed by atoms with van der Waals surface area (Å²) in [4.78, 5) is 25.4. The molecule has 1 aromatic heterocycles. The Kier molecular flexibility index (Phi) is 6.11. The molecule has 2 amide bonds. The third-order valence-electron chi connectivity index (χ3n) is 4.58. The van der Waals surface area contributed by atoms with E-state index in [2.05, 4.69) is 15.8 Å². The summed E-state index contributed by atoms with van der Waals surface area (Å²) in [6.07, 6.45) is 1.57. The fourth-order valence-electron chi connectivity index (χ4n) is 2.98. The van der Waals surface area contributed by atoms with Gasteiger partial charge in [0.15, 0.2) is 0 Å². The molecule has 5 nitrogen and oxygen atoms in total. The summed E-state index contributed by atoms with van der Waals surface area (Å²) in [6, 6.07) is 21.9. The zero-order chi connectivity index (χ0) is 21.8. The molecule has 0 atom stereocenters. The smallest absolute Gasteiger partial charge is 0.271 e. The molecule has 3 aromatic carbocycles. The van der Waals surface area contributed by atoms with E-state index < -0.39 is 0 Å². The predicted octanol–water partition coefficient (Wildman–Crippen LogP) is 5.88. The van der Waals surface area contributed by atoms with Crippen LogP contribution in [0.2, 0.25) is 5.02 Å². The van der Waals surface area contributed by atoms with Gasteiger partial charge in [0.1, 0.15) is 4.88 Å². The molecular weight excluding hydrogens is 430 g/mol. The number of benzene rings is 3. The van der Waals surface area contributed by atoms with Crippen LogP contribution in [0.15, 0.2) is 77.9 Å². The van der Waals surface area contributed by atoms with E-state index >= 15 is 0 Å². The van der Waals surface area contributed by atoms with Crippen LogP contribution in [0.1, 0.15) is 31.2 Å². The Morgan fingerprint density at radius 2 is 1.71 bits per heavy atom. The molecule has 1 heterocycles. The normalized spacial score (nSPS) is 11.0. The Hall–Kier alpha value is -3.48. The molecule has 2 N–H and O–H groups in total. The molecule has 0 fully saturated rings. The first kappa shape index (κ1) is 20.8. The highest BCUT2D eigenvalue weighted by Gasteiger charge is 2.17. The van der Waals surface area contributed by atoms with Crippen molar-refractivity contribution < 1.29 is 9.59 Å². The van der Waals surface area contributed by atoms with Gasteiger partial charge in [0.2, 0.25) is 0 Å². The third-order valence-corrected chi connectivity index (χ3v) is 6.23. The van der Waals surface area contributed by atoms with Crippen LogP contribution >= 0.6 is 22.9 Å². The minimum absolute atomic E-state index is 0.284.